The van der Waals surface area contributed by atoms with E-state index in [1.807, 2.05) is 0 Å². The van der Waals surface area contributed by atoms with E-state index in [1.54, 1.807) is 35.6 Å². The lowest BCUT2D eigenvalue weighted by Crippen LogP contribution is -2.27. The van der Waals surface area contributed by atoms with E-state index in [-0.39, 0.29) is 10.9 Å². The Morgan fingerprint density at radius 1 is 1.06 bits per heavy atom. The predicted molar refractivity (Wildman–Crippen MR) is 127 cm³/mol. The van der Waals surface area contributed by atoms with E-state index in [9.17, 15) is 13.2 Å². The lowest BCUT2D eigenvalue weighted by molar-refractivity contribution is 0.0601. The number of carbonyl (C=O) groups excluding carboxylic acids is 1. The minimum atomic E-state index is -3.45. The van der Waals surface area contributed by atoms with Gasteiger partial charge in [-0.15, -0.1) is 11.3 Å². The molecule has 2 N–H and O–H groups in total. The summed E-state index contributed by atoms with van der Waals surface area (Å²) >= 11 is 6.98. The van der Waals surface area contributed by atoms with Crippen molar-refractivity contribution in [2.75, 3.05) is 30.8 Å². The number of nitrogens with one attached hydrogen (secondary N) is 2. The number of benzene rings is 1. The molecule has 2 aromatic rings. The van der Waals surface area contributed by atoms with Crippen LogP contribution < -0.4 is 10.6 Å². The van der Waals surface area contributed by atoms with Crippen LogP contribution in [0.25, 0.3) is 0 Å². The molecule has 1 aromatic carbocycles. The van der Waals surface area contributed by atoms with Crippen molar-refractivity contribution in [3.8, 4) is 0 Å². The maximum atomic E-state index is 12.7. The Balaban J connectivity index is 1.47. The summed E-state index contributed by atoms with van der Waals surface area (Å²) in [6.07, 6.45) is 5.80. The van der Waals surface area contributed by atoms with Crippen molar-refractivity contribution in [2.45, 2.75) is 43.4 Å². The van der Waals surface area contributed by atoms with Crippen molar-refractivity contribution in [2.24, 2.45) is 0 Å². The zero-order valence-electron chi connectivity index (χ0n) is 17.3. The zero-order chi connectivity index (χ0) is 22.0. The van der Waals surface area contributed by atoms with Crippen molar-refractivity contribution in [1.82, 2.24) is 4.31 Å². The number of hydrogen-bond donors (Lipinski definition) is 2. The average molecular weight is 480 g/mol. The van der Waals surface area contributed by atoms with Gasteiger partial charge in [0.2, 0.25) is 10.0 Å². The van der Waals surface area contributed by atoms with E-state index in [0.717, 1.165) is 44.1 Å². The van der Waals surface area contributed by atoms with Crippen molar-refractivity contribution in [3.05, 3.63) is 40.3 Å². The van der Waals surface area contributed by atoms with Gasteiger partial charge in [-0.05, 0) is 80.6 Å². The van der Waals surface area contributed by atoms with Gasteiger partial charge in [-0.2, -0.15) is 4.31 Å². The molecule has 0 spiro atoms. The molecule has 166 valence electrons. The Kier molecular flexibility index (Phi) is 6.61. The Morgan fingerprint density at radius 3 is 2.42 bits per heavy atom. The highest BCUT2D eigenvalue weighted by Crippen LogP contribution is 2.38. The number of hydrogen-bond acceptors (Lipinski definition) is 6. The van der Waals surface area contributed by atoms with E-state index in [1.165, 1.54) is 16.3 Å². The number of anilines is 2. The largest absolute Gasteiger partial charge is 0.465 e. The number of carbonyl (C=O) groups is 1. The first-order chi connectivity index (χ1) is 14.9. The third-order valence-corrected chi connectivity index (χ3v) is 8.93. The SMILES string of the molecule is COC(=O)c1c(NC(=S)Nc2ccc(S(=O)(=O)N3CCCC3)cc2)sc2c1CCCC2. The van der Waals surface area contributed by atoms with Crippen LogP contribution in [0.15, 0.2) is 29.2 Å². The van der Waals surface area contributed by atoms with Crippen LogP contribution in [0.3, 0.4) is 0 Å². The fourth-order valence-corrected chi connectivity index (χ4v) is 7.11. The first kappa shape index (κ1) is 22.2. The normalized spacial score (nSPS) is 16.5. The van der Waals surface area contributed by atoms with Crippen LogP contribution in [0.5, 0.6) is 0 Å². The second-order valence-electron chi connectivity index (χ2n) is 7.62. The summed E-state index contributed by atoms with van der Waals surface area (Å²) in [5.74, 6) is -0.360. The highest BCUT2D eigenvalue weighted by Gasteiger charge is 2.28. The highest BCUT2D eigenvalue weighted by atomic mass is 32.2. The van der Waals surface area contributed by atoms with E-state index in [2.05, 4.69) is 10.6 Å². The predicted octanol–water partition coefficient (Wildman–Crippen LogP) is 4.01. The smallest absolute Gasteiger partial charge is 0.341 e. The minimum Gasteiger partial charge on any atom is -0.465 e. The number of ether oxygens (including phenoxy) is 1. The Hall–Kier alpha value is -2.01. The maximum Gasteiger partial charge on any atom is 0.341 e. The molecule has 0 radical (unpaired) electrons. The van der Waals surface area contributed by atoms with Crippen LogP contribution >= 0.6 is 23.6 Å². The number of fused-ring (bicyclic) bond motifs is 1. The Labute approximate surface area is 191 Å². The van der Waals surface area contributed by atoms with Gasteiger partial charge in [0, 0.05) is 23.7 Å². The molecule has 0 amide bonds. The first-order valence-corrected chi connectivity index (χ1v) is 13.0. The molecule has 2 aliphatic rings. The molecule has 1 aromatic heterocycles. The third kappa shape index (κ3) is 4.62. The third-order valence-electron chi connectivity index (χ3n) is 5.60. The summed E-state index contributed by atoms with van der Waals surface area (Å²) in [6.45, 7) is 1.15. The van der Waals surface area contributed by atoms with Crippen LogP contribution in [0.4, 0.5) is 10.7 Å². The fraction of sp³-hybridized carbons (Fsp3) is 0.429. The van der Waals surface area contributed by atoms with Gasteiger partial charge in [-0.1, -0.05) is 0 Å². The molecule has 2 heterocycles. The van der Waals surface area contributed by atoms with E-state index >= 15 is 0 Å². The molecule has 7 nitrogen and oxygen atoms in total. The van der Waals surface area contributed by atoms with Crippen molar-refractivity contribution in [3.63, 3.8) is 0 Å². The summed E-state index contributed by atoms with van der Waals surface area (Å²) in [6, 6.07) is 6.56. The number of rotatable bonds is 5. The number of thiophene rings is 1. The average Bonchev–Trinajstić information content (AvgIpc) is 3.42. The van der Waals surface area contributed by atoms with Gasteiger partial charge in [0.25, 0.3) is 0 Å². The second kappa shape index (κ2) is 9.23. The van der Waals surface area contributed by atoms with Crippen molar-refractivity contribution >= 4 is 55.3 Å². The minimum absolute atomic E-state index is 0.276. The number of thiocarbonyl (C=S) groups is 1. The van der Waals surface area contributed by atoms with Crippen molar-refractivity contribution in [1.29, 1.82) is 0 Å². The fourth-order valence-electron chi connectivity index (χ4n) is 4.03. The second-order valence-corrected chi connectivity index (χ2v) is 11.1. The lowest BCUT2D eigenvalue weighted by atomic mass is 9.95. The van der Waals surface area contributed by atoms with Gasteiger partial charge in [-0.3, -0.25) is 0 Å². The van der Waals surface area contributed by atoms with E-state index < -0.39 is 10.0 Å². The quantitative estimate of drug-likeness (QED) is 0.495. The van der Waals surface area contributed by atoms with Crippen LogP contribution in [0.1, 0.15) is 46.5 Å². The number of esters is 1. The first-order valence-electron chi connectivity index (χ1n) is 10.3. The molecule has 0 saturated carbocycles. The van der Waals surface area contributed by atoms with Gasteiger partial charge in [0.15, 0.2) is 5.11 Å². The van der Waals surface area contributed by atoms with Gasteiger partial charge < -0.3 is 15.4 Å². The van der Waals surface area contributed by atoms with Crippen LogP contribution in [0, 0.1) is 0 Å². The number of aryl methyl sites for hydroxylation is 1. The molecular formula is C21H25N3O4S3. The maximum absolute atomic E-state index is 12.7. The number of sulfonamides is 1. The molecule has 1 saturated heterocycles. The summed E-state index contributed by atoms with van der Waals surface area (Å²) in [7, 11) is -2.06. The molecular weight excluding hydrogens is 454 g/mol. The molecule has 1 aliphatic carbocycles. The number of methoxy groups -OCH3 is 1. The Bertz CT molecular complexity index is 1090. The summed E-state index contributed by atoms with van der Waals surface area (Å²) in [4.78, 5) is 13.8. The van der Waals surface area contributed by atoms with Gasteiger partial charge in [-0.25, -0.2) is 13.2 Å². The van der Waals surface area contributed by atoms with Crippen LogP contribution in [-0.2, 0) is 27.6 Å². The molecule has 4 rings (SSSR count). The summed E-state index contributed by atoms with van der Waals surface area (Å²) in [5.41, 5.74) is 2.29. The molecule has 1 fully saturated rings. The van der Waals surface area contributed by atoms with Crippen LogP contribution in [0.2, 0.25) is 0 Å². The topological polar surface area (TPSA) is 87.7 Å². The van der Waals surface area contributed by atoms with Gasteiger partial charge in [0.05, 0.1) is 17.6 Å². The molecule has 0 unspecified atom stereocenters. The number of nitrogens with zero attached hydrogens (tertiary/aromatic N) is 1. The zero-order valence-corrected chi connectivity index (χ0v) is 19.7. The van der Waals surface area contributed by atoms with E-state index in [0.29, 0.717) is 34.5 Å². The Morgan fingerprint density at radius 2 is 1.74 bits per heavy atom. The van der Waals surface area contributed by atoms with Gasteiger partial charge >= 0.3 is 5.97 Å². The standard InChI is InChI=1S/C21H25N3O4S3/c1-28-20(25)18-16-6-2-3-7-17(16)30-19(18)23-21(29)22-14-8-10-15(11-9-14)31(26,27)24-12-4-5-13-24/h8-11H,2-7,12-13H2,1H3,(H2,22,23,29). The van der Waals surface area contributed by atoms with Gasteiger partial charge in [0.1, 0.15) is 5.00 Å². The lowest BCUT2D eigenvalue weighted by Gasteiger charge is -2.16. The molecule has 0 bridgehead atoms. The molecule has 0 atom stereocenters. The van der Waals surface area contributed by atoms with Crippen molar-refractivity contribution < 1.29 is 17.9 Å². The molecule has 1 aliphatic heterocycles. The monoisotopic (exact) mass is 479 g/mol. The summed E-state index contributed by atoms with van der Waals surface area (Å²) in [5, 5.41) is 7.22. The molecule has 10 heteroatoms. The van der Waals surface area contributed by atoms with E-state index in [4.69, 9.17) is 17.0 Å². The highest BCUT2D eigenvalue weighted by molar-refractivity contribution is 7.89. The molecule has 31 heavy (non-hydrogen) atoms. The summed E-state index contributed by atoms with van der Waals surface area (Å²) < 4.78 is 31.8. The van der Waals surface area contributed by atoms with Crippen LogP contribution in [-0.4, -0.2) is 44.0 Å².